The lowest BCUT2D eigenvalue weighted by Crippen LogP contribution is -2.29. The number of rotatable bonds is 5. The topological polar surface area (TPSA) is 47.3 Å². The zero-order valence-electron chi connectivity index (χ0n) is 12.6. The molecule has 2 aromatic rings. The van der Waals surface area contributed by atoms with Crippen LogP contribution in [-0.2, 0) is 0 Å². The summed E-state index contributed by atoms with van der Waals surface area (Å²) in [4.78, 5) is 0. The lowest BCUT2D eigenvalue weighted by atomic mass is 9.95. The van der Waals surface area contributed by atoms with Crippen LogP contribution in [0, 0.1) is 6.92 Å². The third kappa shape index (κ3) is 3.97. The second-order valence-corrected chi connectivity index (χ2v) is 5.78. The second kappa shape index (κ2) is 6.94. The van der Waals surface area contributed by atoms with Crippen molar-refractivity contribution < 1.29 is 4.74 Å². The van der Waals surface area contributed by atoms with Crippen molar-refractivity contribution in [3.8, 4) is 5.75 Å². The molecule has 2 aromatic carbocycles. The van der Waals surface area contributed by atoms with Crippen molar-refractivity contribution in [2.24, 2.45) is 5.84 Å². The van der Waals surface area contributed by atoms with Gasteiger partial charge in [0.05, 0.1) is 12.1 Å². The minimum Gasteiger partial charge on any atom is -0.491 e. The van der Waals surface area contributed by atoms with Crippen LogP contribution >= 0.6 is 11.6 Å². The minimum atomic E-state index is -0.126. The summed E-state index contributed by atoms with van der Waals surface area (Å²) >= 11 is 6.11. The van der Waals surface area contributed by atoms with Crippen LogP contribution in [0.1, 0.15) is 36.6 Å². The molecule has 0 radical (unpaired) electrons. The third-order valence-corrected chi connectivity index (χ3v) is 3.52. The number of halogens is 1. The average Bonchev–Trinajstić information content (AvgIpc) is 2.43. The molecule has 0 bridgehead atoms. The number of benzene rings is 2. The Morgan fingerprint density at radius 3 is 2.57 bits per heavy atom. The number of nitrogens with one attached hydrogen (secondary N) is 1. The molecule has 0 saturated heterocycles. The van der Waals surface area contributed by atoms with Crippen LogP contribution in [0.15, 0.2) is 42.5 Å². The maximum absolute atomic E-state index is 6.11. The van der Waals surface area contributed by atoms with E-state index < -0.39 is 0 Å². The van der Waals surface area contributed by atoms with Gasteiger partial charge in [0, 0.05) is 5.02 Å². The molecular weight excluding hydrogens is 284 g/mol. The first kappa shape index (κ1) is 15.8. The molecule has 112 valence electrons. The molecule has 0 aliphatic rings. The highest BCUT2D eigenvalue weighted by molar-refractivity contribution is 6.30. The molecule has 0 amide bonds. The molecule has 0 spiro atoms. The molecule has 0 fully saturated rings. The summed E-state index contributed by atoms with van der Waals surface area (Å²) in [5, 5.41) is 0.699. The van der Waals surface area contributed by atoms with Gasteiger partial charge in [-0.15, -0.1) is 0 Å². The van der Waals surface area contributed by atoms with Gasteiger partial charge in [0.15, 0.2) is 0 Å². The fraction of sp³-hybridized carbons (Fsp3) is 0.294. The number of hydrazine groups is 1. The molecule has 1 unspecified atom stereocenters. The quantitative estimate of drug-likeness (QED) is 0.648. The third-order valence-electron chi connectivity index (χ3n) is 3.28. The SMILES string of the molecule is Cc1ccc(Cl)cc1C(NN)c1cccc(OC(C)C)c1. The van der Waals surface area contributed by atoms with Crippen molar-refractivity contribution in [3.05, 3.63) is 64.2 Å². The Labute approximate surface area is 131 Å². The fourth-order valence-electron chi connectivity index (χ4n) is 2.33. The predicted molar refractivity (Wildman–Crippen MR) is 87.6 cm³/mol. The number of hydrogen-bond donors (Lipinski definition) is 2. The zero-order valence-corrected chi connectivity index (χ0v) is 13.3. The first-order valence-electron chi connectivity index (χ1n) is 7.00. The highest BCUT2D eigenvalue weighted by Crippen LogP contribution is 2.29. The highest BCUT2D eigenvalue weighted by Gasteiger charge is 2.16. The Kier molecular flexibility index (Phi) is 5.23. The van der Waals surface area contributed by atoms with E-state index >= 15 is 0 Å². The molecule has 0 saturated carbocycles. The summed E-state index contributed by atoms with van der Waals surface area (Å²) in [6.45, 7) is 6.06. The van der Waals surface area contributed by atoms with Crippen molar-refractivity contribution in [1.82, 2.24) is 5.43 Å². The molecule has 0 aromatic heterocycles. The summed E-state index contributed by atoms with van der Waals surface area (Å²) in [6.07, 6.45) is 0.137. The van der Waals surface area contributed by atoms with Crippen molar-refractivity contribution in [3.63, 3.8) is 0 Å². The van der Waals surface area contributed by atoms with Gasteiger partial charge < -0.3 is 4.74 Å². The first-order valence-corrected chi connectivity index (χ1v) is 7.38. The van der Waals surface area contributed by atoms with E-state index in [-0.39, 0.29) is 12.1 Å². The average molecular weight is 305 g/mol. The second-order valence-electron chi connectivity index (χ2n) is 5.34. The molecule has 2 rings (SSSR count). The van der Waals surface area contributed by atoms with Crippen LogP contribution in [0.5, 0.6) is 5.75 Å². The maximum atomic E-state index is 6.11. The smallest absolute Gasteiger partial charge is 0.120 e. The van der Waals surface area contributed by atoms with Crippen LogP contribution in [0.4, 0.5) is 0 Å². The number of aryl methyl sites for hydroxylation is 1. The molecular formula is C17H21ClN2O. The van der Waals surface area contributed by atoms with E-state index in [1.165, 1.54) is 0 Å². The molecule has 21 heavy (non-hydrogen) atoms. The number of ether oxygens (including phenoxy) is 1. The van der Waals surface area contributed by atoms with Crippen LogP contribution in [-0.4, -0.2) is 6.10 Å². The van der Waals surface area contributed by atoms with Crippen LogP contribution in [0.3, 0.4) is 0 Å². The normalized spacial score (nSPS) is 12.5. The van der Waals surface area contributed by atoms with Gasteiger partial charge in [-0.1, -0.05) is 29.8 Å². The Morgan fingerprint density at radius 1 is 1.14 bits per heavy atom. The van der Waals surface area contributed by atoms with Crippen molar-refractivity contribution in [2.75, 3.05) is 0 Å². The molecule has 0 heterocycles. The maximum Gasteiger partial charge on any atom is 0.120 e. The van der Waals surface area contributed by atoms with E-state index in [9.17, 15) is 0 Å². The number of hydrogen-bond acceptors (Lipinski definition) is 3. The molecule has 0 aliphatic heterocycles. The van der Waals surface area contributed by atoms with Crippen molar-refractivity contribution in [2.45, 2.75) is 32.9 Å². The molecule has 1 atom stereocenters. The van der Waals surface area contributed by atoms with Crippen LogP contribution in [0.2, 0.25) is 5.02 Å². The van der Waals surface area contributed by atoms with E-state index in [2.05, 4.69) is 5.43 Å². The van der Waals surface area contributed by atoms with Gasteiger partial charge in [0.25, 0.3) is 0 Å². The summed E-state index contributed by atoms with van der Waals surface area (Å²) < 4.78 is 5.74. The van der Waals surface area contributed by atoms with Gasteiger partial charge in [-0.05, 0) is 61.7 Å². The minimum absolute atomic E-state index is 0.126. The van der Waals surface area contributed by atoms with Gasteiger partial charge in [0.1, 0.15) is 5.75 Å². The van der Waals surface area contributed by atoms with Crippen LogP contribution in [0.25, 0.3) is 0 Å². The van der Waals surface area contributed by atoms with E-state index in [1.54, 1.807) is 0 Å². The van der Waals surface area contributed by atoms with Crippen LogP contribution < -0.4 is 16.0 Å². The molecule has 4 heteroatoms. The standard InChI is InChI=1S/C17H21ClN2O/c1-11(2)21-15-6-4-5-13(9-15)17(20-19)16-10-14(18)8-7-12(16)3/h4-11,17,20H,19H2,1-3H3. The monoisotopic (exact) mass is 304 g/mol. The van der Waals surface area contributed by atoms with Crippen molar-refractivity contribution >= 4 is 11.6 Å². The molecule has 3 N–H and O–H groups in total. The van der Waals surface area contributed by atoms with E-state index in [4.69, 9.17) is 22.2 Å². The van der Waals surface area contributed by atoms with E-state index in [0.717, 1.165) is 22.4 Å². The fourth-order valence-corrected chi connectivity index (χ4v) is 2.51. The Bertz CT molecular complexity index is 613. The first-order chi connectivity index (χ1) is 10.0. The Morgan fingerprint density at radius 2 is 1.90 bits per heavy atom. The zero-order chi connectivity index (χ0) is 15.4. The van der Waals surface area contributed by atoms with E-state index in [0.29, 0.717) is 5.02 Å². The summed E-state index contributed by atoms with van der Waals surface area (Å²) in [6, 6.07) is 13.6. The summed E-state index contributed by atoms with van der Waals surface area (Å²) in [5.41, 5.74) is 6.11. The van der Waals surface area contributed by atoms with E-state index in [1.807, 2.05) is 63.2 Å². The largest absolute Gasteiger partial charge is 0.491 e. The number of nitrogens with two attached hydrogens (primary N) is 1. The molecule has 0 aliphatic carbocycles. The van der Waals surface area contributed by atoms with Gasteiger partial charge in [0.2, 0.25) is 0 Å². The summed E-state index contributed by atoms with van der Waals surface area (Å²) in [5.74, 6) is 6.61. The molecule has 3 nitrogen and oxygen atoms in total. The van der Waals surface area contributed by atoms with Gasteiger partial charge in [-0.2, -0.15) is 0 Å². The predicted octanol–water partition coefficient (Wildman–Crippen LogP) is 3.99. The van der Waals surface area contributed by atoms with Crippen molar-refractivity contribution in [1.29, 1.82) is 0 Å². The highest BCUT2D eigenvalue weighted by atomic mass is 35.5. The Balaban J connectivity index is 2.39. The lowest BCUT2D eigenvalue weighted by molar-refractivity contribution is 0.242. The van der Waals surface area contributed by atoms with Gasteiger partial charge >= 0.3 is 0 Å². The van der Waals surface area contributed by atoms with Gasteiger partial charge in [-0.3, -0.25) is 5.84 Å². The summed E-state index contributed by atoms with van der Waals surface area (Å²) in [7, 11) is 0. The lowest BCUT2D eigenvalue weighted by Gasteiger charge is -2.20. The van der Waals surface area contributed by atoms with Gasteiger partial charge in [-0.25, -0.2) is 5.43 Å². The Hall–Kier alpha value is -1.55.